The Balaban J connectivity index is 1.22. The van der Waals surface area contributed by atoms with E-state index in [2.05, 4.69) is 18.7 Å². The van der Waals surface area contributed by atoms with E-state index in [9.17, 15) is 13.2 Å². The summed E-state index contributed by atoms with van der Waals surface area (Å²) in [5, 5.41) is 0.946. The summed E-state index contributed by atoms with van der Waals surface area (Å²) in [5.41, 5.74) is 1.45. The zero-order chi connectivity index (χ0) is 25.4. The first-order chi connectivity index (χ1) is 17.2. The van der Waals surface area contributed by atoms with Crippen molar-refractivity contribution in [3.8, 4) is 5.75 Å². The van der Waals surface area contributed by atoms with E-state index in [4.69, 9.17) is 9.72 Å². The fraction of sp³-hybridized carbons (Fsp3) is 0.462. The zero-order valence-electron chi connectivity index (χ0n) is 20.9. The van der Waals surface area contributed by atoms with Gasteiger partial charge in [-0.2, -0.15) is 4.31 Å². The predicted octanol–water partition coefficient (Wildman–Crippen LogP) is 3.93. The number of benzene rings is 2. The van der Waals surface area contributed by atoms with Crippen LogP contribution in [0.1, 0.15) is 30.6 Å². The summed E-state index contributed by atoms with van der Waals surface area (Å²) < 4.78 is 34.3. The van der Waals surface area contributed by atoms with Crippen LogP contribution in [0.4, 0.5) is 5.13 Å². The molecule has 0 aliphatic carbocycles. The Hall–Kier alpha value is -2.69. The number of piperidine rings is 1. The lowest BCUT2D eigenvalue weighted by molar-refractivity contribution is 0.0746. The van der Waals surface area contributed by atoms with Crippen molar-refractivity contribution >= 4 is 42.6 Å². The number of sulfonamides is 1. The molecule has 0 saturated carbocycles. The van der Waals surface area contributed by atoms with Crippen LogP contribution in [0.5, 0.6) is 5.75 Å². The molecule has 36 heavy (non-hydrogen) atoms. The second kappa shape index (κ2) is 9.99. The van der Waals surface area contributed by atoms with Gasteiger partial charge in [-0.3, -0.25) is 4.79 Å². The second-order valence-electron chi connectivity index (χ2n) is 9.90. The molecule has 2 aromatic carbocycles. The van der Waals surface area contributed by atoms with Gasteiger partial charge in [-0.25, -0.2) is 13.4 Å². The molecule has 2 atom stereocenters. The van der Waals surface area contributed by atoms with E-state index in [1.165, 1.54) is 0 Å². The molecule has 8 nitrogen and oxygen atoms in total. The molecule has 0 radical (unpaired) electrons. The molecule has 3 aromatic rings. The number of carbonyl (C=O) groups excluding carboxylic acids is 1. The molecule has 5 rings (SSSR count). The van der Waals surface area contributed by atoms with Crippen LogP contribution >= 0.6 is 11.3 Å². The largest absolute Gasteiger partial charge is 0.497 e. The van der Waals surface area contributed by atoms with E-state index in [-0.39, 0.29) is 10.8 Å². The number of aromatic nitrogens is 1. The molecule has 2 saturated heterocycles. The summed E-state index contributed by atoms with van der Waals surface area (Å²) in [4.78, 5) is 22.1. The van der Waals surface area contributed by atoms with Gasteiger partial charge in [0.2, 0.25) is 10.0 Å². The van der Waals surface area contributed by atoms with Gasteiger partial charge in [0.1, 0.15) is 5.75 Å². The Bertz CT molecular complexity index is 1340. The number of carbonyl (C=O) groups is 1. The van der Waals surface area contributed by atoms with Gasteiger partial charge in [0.25, 0.3) is 5.91 Å². The van der Waals surface area contributed by atoms with Gasteiger partial charge in [0, 0.05) is 44.8 Å². The molecule has 1 aromatic heterocycles. The van der Waals surface area contributed by atoms with E-state index in [0.29, 0.717) is 56.7 Å². The summed E-state index contributed by atoms with van der Waals surface area (Å²) in [6.45, 7) is 7.82. The van der Waals surface area contributed by atoms with Crippen LogP contribution in [0.2, 0.25) is 0 Å². The van der Waals surface area contributed by atoms with Crippen molar-refractivity contribution in [2.45, 2.75) is 25.2 Å². The number of anilines is 1. The van der Waals surface area contributed by atoms with Crippen LogP contribution in [0.3, 0.4) is 0 Å². The first-order valence-corrected chi connectivity index (χ1v) is 14.6. The maximum atomic E-state index is 13.1. The third-order valence-corrected chi connectivity index (χ3v) is 9.92. The number of fused-ring (bicyclic) bond motifs is 1. The molecule has 3 heterocycles. The van der Waals surface area contributed by atoms with Crippen LogP contribution < -0.4 is 9.64 Å². The molecule has 192 valence electrons. The first-order valence-electron chi connectivity index (χ1n) is 12.3. The highest BCUT2D eigenvalue weighted by atomic mass is 32.2. The Morgan fingerprint density at radius 1 is 1.00 bits per heavy atom. The molecule has 10 heteroatoms. The topological polar surface area (TPSA) is 83.0 Å². The minimum absolute atomic E-state index is 0.0761. The van der Waals surface area contributed by atoms with Crippen molar-refractivity contribution in [3.05, 3.63) is 48.0 Å². The van der Waals surface area contributed by atoms with Crippen molar-refractivity contribution in [1.29, 1.82) is 0 Å². The molecule has 2 aliphatic heterocycles. The van der Waals surface area contributed by atoms with Crippen molar-refractivity contribution in [1.82, 2.24) is 14.2 Å². The quantitative estimate of drug-likeness (QED) is 0.499. The monoisotopic (exact) mass is 528 g/mol. The number of methoxy groups -OCH3 is 1. The lowest BCUT2D eigenvalue weighted by atomic mass is 9.94. The Labute approximate surface area is 216 Å². The van der Waals surface area contributed by atoms with Crippen LogP contribution in [0, 0.1) is 11.8 Å². The van der Waals surface area contributed by atoms with Gasteiger partial charge in [0.15, 0.2) is 5.13 Å². The van der Waals surface area contributed by atoms with E-state index in [1.54, 1.807) is 47.0 Å². The fourth-order valence-electron chi connectivity index (χ4n) is 5.16. The summed E-state index contributed by atoms with van der Waals surface area (Å²) >= 11 is 1.63. The summed E-state index contributed by atoms with van der Waals surface area (Å²) in [5.74, 6) is 1.42. The van der Waals surface area contributed by atoms with Crippen molar-refractivity contribution in [2.75, 3.05) is 51.3 Å². The van der Waals surface area contributed by atoms with Gasteiger partial charge >= 0.3 is 0 Å². The Morgan fingerprint density at radius 2 is 1.67 bits per heavy atom. The number of rotatable bonds is 5. The van der Waals surface area contributed by atoms with E-state index in [0.717, 1.165) is 27.5 Å². The van der Waals surface area contributed by atoms with E-state index >= 15 is 0 Å². The van der Waals surface area contributed by atoms with E-state index < -0.39 is 10.0 Å². The normalized spacial score (nSPS) is 21.6. The van der Waals surface area contributed by atoms with Crippen LogP contribution in [0.15, 0.2) is 47.4 Å². The Morgan fingerprint density at radius 3 is 2.31 bits per heavy atom. The minimum Gasteiger partial charge on any atom is -0.497 e. The number of hydrogen-bond donors (Lipinski definition) is 0. The van der Waals surface area contributed by atoms with Gasteiger partial charge in [-0.05, 0) is 60.7 Å². The first kappa shape index (κ1) is 25.0. The standard InChI is InChI=1S/C26H32N4O4S2/c1-18-14-19(2)17-30(16-18)36(32,33)22-7-4-20(5-8-22)25(31)28-10-12-29(13-11-28)26-27-23-9-6-21(34-3)15-24(23)35-26/h4-9,15,18-19H,10-14,16-17H2,1-3H3. The van der Waals surface area contributed by atoms with Gasteiger partial charge in [-0.1, -0.05) is 25.2 Å². The summed E-state index contributed by atoms with van der Waals surface area (Å²) in [6, 6.07) is 12.3. The molecule has 0 spiro atoms. The molecular formula is C26H32N4O4S2. The average Bonchev–Trinajstić information content (AvgIpc) is 3.31. The molecule has 2 unspecified atom stereocenters. The highest BCUT2D eigenvalue weighted by Gasteiger charge is 2.32. The second-order valence-corrected chi connectivity index (χ2v) is 12.8. The molecule has 0 N–H and O–H groups in total. The highest BCUT2D eigenvalue weighted by Crippen LogP contribution is 2.32. The maximum Gasteiger partial charge on any atom is 0.253 e. The van der Waals surface area contributed by atoms with E-state index in [1.807, 2.05) is 23.1 Å². The lowest BCUT2D eigenvalue weighted by Gasteiger charge is -2.35. The molecule has 0 bridgehead atoms. The lowest BCUT2D eigenvalue weighted by Crippen LogP contribution is -2.48. The van der Waals surface area contributed by atoms with Crippen LogP contribution in [-0.2, 0) is 10.0 Å². The minimum atomic E-state index is -3.56. The molecule has 2 fully saturated rings. The number of nitrogens with zero attached hydrogens (tertiary/aromatic N) is 4. The average molecular weight is 529 g/mol. The molecule has 2 aliphatic rings. The molecular weight excluding hydrogens is 496 g/mol. The van der Waals surface area contributed by atoms with Crippen LogP contribution in [-0.4, -0.2) is 74.9 Å². The predicted molar refractivity (Wildman–Crippen MR) is 142 cm³/mol. The third kappa shape index (κ3) is 4.94. The van der Waals surface area contributed by atoms with Crippen molar-refractivity contribution in [3.63, 3.8) is 0 Å². The SMILES string of the molecule is COc1ccc2nc(N3CCN(C(=O)c4ccc(S(=O)(=O)N5CC(C)CC(C)C5)cc4)CC3)sc2c1. The van der Waals surface area contributed by atoms with Gasteiger partial charge < -0.3 is 14.5 Å². The smallest absolute Gasteiger partial charge is 0.253 e. The number of thiazole rings is 1. The number of hydrogen-bond acceptors (Lipinski definition) is 7. The molecule has 1 amide bonds. The third-order valence-electron chi connectivity index (χ3n) is 7.00. The summed E-state index contributed by atoms with van der Waals surface area (Å²) in [7, 11) is -1.91. The zero-order valence-corrected chi connectivity index (χ0v) is 22.5. The van der Waals surface area contributed by atoms with Crippen molar-refractivity contribution < 1.29 is 17.9 Å². The maximum absolute atomic E-state index is 13.1. The number of amides is 1. The van der Waals surface area contributed by atoms with Crippen molar-refractivity contribution in [2.24, 2.45) is 11.8 Å². The fourth-order valence-corrected chi connectivity index (χ4v) is 7.88. The highest BCUT2D eigenvalue weighted by molar-refractivity contribution is 7.89. The Kier molecular flexibility index (Phi) is 6.93. The summed E-state index contributed by atoms with van der Waals surface area (Å²) in [6.07, 6.45) is 1.04. The van der Waals surface area contributed by atoms with Gasteiger partial charge in [-0.15, -0.1) is 0 Å². The number of ether oxygens (including phenoxy) is 1. The number of piperazine rings is 1. The van der Waals surface area contributed by atoms with Crippen LogP contribution in [0.25, 0.3) is 10.2 Å². The van der Waals surface area contributed by atoms with Gasteiger partial charge in [0.05, 0.1) is 22.2 Å².